The van der Waals surface area contributed by atoms with Gasteiger partial charge >= 0.3 is 57.4 Å². The second-order valence-corrected chi connectivity index (χ2v) is 10.3. The number of hydrogen-bond donors (Lipinski definition) is 1. The SMILES string of the molecule is CCCCCCCCCCCC(=O)Oc1ccc(N=Nc2ccc(S(=O)(=O)O)cc2)c2ccccc12.[H-].[K+]. The molecule has 9 heteroatoms. The summed E-state index contributed by atoms with van der Waals surface area (Å²) in [7, 11) is -4.26. The van der Waals surface area contributed by atoms with Gasteiger partial charge in [0.25, 0.3) is 10.1 Å². The first kappa shape index (κ1) is 31.8. The topological polar surface area (TPSA) is 105 Å². The van der Waals surface area contributed by atoms with Crippen molar-refractivity contribution in [2.75, 3.05) is 0 Å². The third kappa shape index (κ3) is 10.7. The maximum absolute atomic E-state index is 12.4. The number of esters is 1. The molecule has 0 aliphatic rings. The largest absolute Gasteiger partial charge is 1.00 e. The third-order valence-corrected chi connectivity index (χ3v) is 6.84. The standard InChI is InChI=1S/C28H34N2O5S.K.H/c1-2-3-4-5-6-7-8-9-10-15-28(31)35-27-21-20-26(24-13-11-12-14-25(24)27)30-29-22-16-18-23(19-17-22)36(32,33)34;;/h11-14,16-21H,2-10,15H2,1H3,(H,32,33,34);;/q;+1;-1. The van der Waals surface area contributed by atoms with Crippen LogP contribution < -0.4 is 56.1 Å². The molecule has 0 saturated carbocycles. The Morgan fingerprint density at radius 2 is 1.41 bits per heavy atom. The van der Waals surface area contributed by atoms with Crippen LogP contribution >= 0.6 is 0 Å². The van der Waals surface area contributed by atoms with Gasteiger partial charge in [0.1, 0.15) is 5.75 Å². The summed E-state index contributed by atoms with van der Waals surface area (Å²) >= 11 is 0. The number of benzene rings is 3. The van der Waals surface area contributed by atoms with Crippen molar-refractivity contribution in [1.29, 1.82) is 0 Å². The summed E-state index contributed by atoms with van der Waals surface area (Å²) in [6.45, 7) is 2.22. The van der Waals surface area contributed by atoms with Crippen LogP contribution in [0.5, 0.6) is 5.75 Å². The maximum Gasteiger partial charge on any atom is 1.00 e. The molecule has 3 aromatic rings. The van der Waals surface area contributed by atoms with Crippen LogP contribution in [-0.4, -0.2) is 18.9 Å². The van der Waals surface area contributed by atoms with Gasteiger partial charge in [0.05, 0.1) is 16.3 Å². The molecule has 194 valence electrons. The van der Waals surface area contributed by atoms with Gasteiger partial charge in [-0.3, -0.25) is 9.35 Å². The molecule has 3 aromatic carbocycles. The fourth-order valence-corrected chi connectivity index (χ4v) is 4.46. The summed E-state index contributed by atoms with van der Waals surface area (Å²) in [6.07, 6.45) is 11.1. The van der Waals surface area contributed by atoms with Crippen molar-refractivity contribution >= 4 is 38.2 Å². The normalized spacial score (nSPS) is 11.5. The second kappa shape index (κ2) is 16.5. The monoisotopic (exact) mass is 550 g/mol. The molecular weight excluding hydrogens is 515 g/mol. The summed E-state index contributed by atoms with van der Waals surface area (Å²) in [5, 5.41) is 10.00. The number of rotatable bonds is 14. The number of fused-ring (bicyclic) bond motifs is 1. The fourth-order valence-electron chi connectivity index (χ4n) is 3.98. The molecule has 0 aromatic heterocycles. The smallest absolute Gasteiger partial charge is 1.00 e. The van der Waals surface area contributed by atoms with Gasteiger partial charge in [0.15, 0.2) is 0 Å². The average Bonchev–Trinajstić information content (AvgIpc) is 2.87. The number of unbranched alkanes of at least 4 members (excludes halogenated alkanes) is 8. The van der Waals surface area contributed by atoms with Crippen molar-refractivity contribution in [2.45, 2.75) is 76.0 Å². The van der Waals surface area contributed by atoms with Crippen molar-refractivity contribution in [1.82, 2.24) is 0 Å². The Balaban J connectivity index is 0.00000361. The number of ether oxygens (including phenoxy) is 1. The van der Waals surface area contributed by atoms with Crippen LogP contribution in [0.3, 0.4) is 0 Å². The predicted octanol–water partition coefficient (Wildman–Crippen LogP) is 5.44. The van der Waals surface area contributed by atoms with Crippen LogP contribution in [0.25, 0.3) is 10.8 Å². The first-order valence-electron chi connectivity index (χ1n) is 12.6. The molecule has 0 aliphatic heterocycles. The Morgan fingerprint density at radius 3 is 2.03 bits per heavy atom. The first-order chi connectivity index (χ1) is 17.4. The Morgan fingerprint density at radius 1 is 0.811 bits per heavy atom. The molecule has 0 amide bonds. The van der Waals surface area contributed by atoms with Gasteiger partial charge in [-0.2, -0.15) is 13.5 Å². The molecule has 0 spiro atoms. The van der Waals surface area contributed by atoms with Crippen molar-refractivity contribution < 1.29 is 75.3 Å². The molecule has 0 heterocycles. The molecule has 0 atom stereocenters. The van der Waals surface area contributed by atoms with E-state index in [-0.39, 0.29) is 63.7 Å². The average molecular weight is 551 g/mol. The Kier molecular flexibility index (Phi) is 14.1. The number of nitrogens with zero attached hydrogens (tertiary/aromatic N) is 2. The summed E-state index contributed by atoms with van der Waals surface area (Å²) in [5.41, 5.74) is 1.02. The minimum absolute atomic E-state index is 0. The van der Waals surface area contributed by atoms with Gasteiger partial charge in [-0.25, -0.2) is 0 Å². The summed E-state index contributed by atoms with van der Waals surface area (Å²) in [6, 6.07) is 16.4. The van der Waals surface area contributed by atoms with Gasteiger partial charge in [-0.1, -0.05) is 82.6 Å². The quantitative estimate of drug-likeness (QED) is 0.0718. The van der Waals surface area contributed by atoms with Crippen LogP contribution in [-0.2, 0) is 14.9 Å². The number of hydrogen-bond acceptors (Lipinski definition) is 6. The second-order valence-electron chi connectivity index (χ2n) is 8.85. The Hall–Kier alpha value is -1.46. The molecule has 0 saturated heterocycles. The van der Waals surface area contributed by atoms with E-state index in [9.17, 15) is 13.2 Å². The molecule has 0 unspecified atom stereocenters. The molecule has 0 aliphatic carbocycles. The van der Waals surface area contributed by atoms with Crippen LogP contribution in [0, 0.1) is 0 Å². The van der Waals surface area contributed by atoms with Crippen molar-refractivity contribution in [3.63, 3.8) is 0 Å². The molecule has 3 rings (SSSR count). The van der Waals surface area contributed by atoms with E-state index in [4.69, 9.17) is 9.29 Å². The van der Waals surface area contributed by atoms with E-state index in [0.29, 0.717) is 23.5 Å². The first-order valence-corrected chi connectivity index (χ1v) is 14.0. The minimum atomic E-state index is -4.26. The molecular formula is C28H35KN2O5S. The van der Waals surface area contributed by atoms with Gasteiger partial charge in [-0.15, -0.1) is 5.11 Å². The van der Waals surface area contributed by atoms with Gasteiger partial charge in [0, 0.05) is 17.2 Å². The fraction of sp³-hybridized carbons (Fsp3) is 0.393. The minimum Gasteiger partial charge on any atom is -1.00 e. The Labute approximate surface area is 263 Å². The van der Waals surface area contributed by atoms with Crippen molar-refractivity contribution in [3.8, 4) is 5.75 Å². The molecule has 0 fully saturated rings. The zero-order chi connectivity index (χ0) is 25.8. The number of carbonyl (C=O) groups excluding carboxylic acids is 1. The predicted molar refractivity (Wildman–Crippen MR) is 143 cm³/mol. The van der Waals surface area contributed by atoms with Crippen LogP contribution in [0.4, 0.5) is 11.4 Å². The zero-order valence-electron chi connectivity index (χ0n) is 22.7. The molecule has 0 radical (unpaired) electrons. The van der Waals surface area contributed by atoms with E-state index in [1.54, 1.807) is 12.1 Å². The van der Waals surface area contributed by atoms with E-state index in [2.05, 4.69) is 17.2 Å². The number of azo groups is 1. The van der Waals surface area contributed by atoms with Gasteiger partial charge in [-0.05, 0) is 42.8 Å². The zero-order valence-corrected chi connectivity index (χ0v) is 25.7. The van der Waals surface area contributed by atoms with Gasteiger partial charge < -0.3 is 6.16 Å². The summed E-state index contributed by atoms with van der Waals surface area (Å²) in [4.78, 5) is 12.2. The van der Waals surface area contributed by atoms with E-state index in [1.807, 2.05) is 24.3 Å². The van der Waals surface area contributed by atoms with Crippen LogP contribution in [0.15, 0.2) is 75.8 Å². The van der Waals surface area contributed by atoms with E-state index >= 15 is 0 Å². The summed E-state index contributed by atoms with van der Waals surface area (Å²) in [5.74, 6) is 0.249. The maximum atomic E-state index is 12.4. The molecule has 7 nitrogen and oxygen atoms in total. The molecule has 37 heavy (non-hydrogen) atoms. The van der Waals surface area contributed by atoms with Crippen LogP contribution in [0.2, 0.25) is 0 Å². The van der Waals surface area contributed by atoms with Crippen molar-refractivity contribution in [3.05, 3.63) is 60.7 Å². The molecule has 0 bridgehead atoms. The number of carbonyl (C=O) groups is 1. The molecule has 1 N–H and O–H groups in total. The van der Waals surface area contributed by atoms with E-state index in [1.165, 1.54) is 62.8 Å². The van der Waals surface area contributed by atoms with E-state index in [0.717, 1.165) is 30.0 Å². The van der Waals surface area contributed by atoms with E-state index < -0.39 is 10.1 Å². The van der Waals surface area contributed by atoms with Crippen LogP contribution in [0.1, 0.15) is 72.6 Å². The third-order valence-electron chi connectivity index (χ3n) is 5.98. The Bertz CT molecular complexity index is 1280. The summed E-state index contributed by atoms with van der Waals surface area (Å²) < 4.78 is 37.1. The van der Waals surface area contributed by atoms with Crippen molar-refractivity contribution in [2.24, 2.45) is 10.2 Å². The van der Waals surface area contributed by atoms with Gasteiger partial charge in [0.2, 0.25) is 0 Å².